The van der Waals surface area contributed by atoms with Gasteiger partial charge in [0.2, 0.25) is 5.88 Å². The Balaban J connectivity index is 0.00000128. The van der Waals surface area contributed by atoms with Gasteiger partial charge in [0.05, 0.1) is 6.54 Å². The number of phenolic OH excluding ortho intramolecular Hbond substituents is 1. The van der Waals surface area contributed by atoms with Crippen LogP contribution in [0.2, 0.25) is 0 Å². The van der Waals surface area contributed by atoms with Gasteiger partial charge in [0, 0.05) is 6.42 Å². The molecule has 6 heteroatoms. The summed E-state index contributed by atoms with van der Waals surface area (Å²) in [5.74, 6) is 0.625. The van der Waals surface area contributed by atoms with E-state index < -0.39 is 0 Å². The molecule has 88 valence electrons. The summed E-state index contributed by atoms with van der Waals surface area (Å²) in [6, 6.07) is 7.12. The monoisotopic (exact) mass is 243 g/mol. The minimum atomic E-state index is 0. The lowest BCUT2D eigenvalue weighted by Gasteiger charge is -2.19. The summed E-state index contributed by atoms with van der Waals surface area (Å²) in [6.07, 6.45) is 2.58. The average molecular weight is 244 g/mol. The molecule has 1 aromatic rings. The molecule has 0 spiro atoms. The summed E-state index contributed by atoms with van der Waals surface area (Å²) in [5.41, 5.74) is 10.4. The fraction of sp³-hybridized carbons (Fsp3) is 0.200. The van der Waals surface area contributed by atoms with Crippen LogP contribution in [0.3, 0.4) is 0 Å². The Morgan fingerprint density at radius 3 is 2.56 bits per heavy atom. The molecule has 0 aliphatic carbocycles. The number of hydrogen-bond donors (Lipinski definition) is 3. The Morgan fingerprint density at radius 2 is 2.00 bits per heavy atom. The van der Waals surface area contributed by atoms with Gasteiger partial charge in [-0.1, -0.05) is 12.1 Å². The van der Waals surface area contributed by atoms with Gasteiger partial charge < -0.3 is 20.7 Å². The second-order valence-electron chi connectivity index (χ2n) is 3.39. The zero-order chi connectivity index (χ0) is 10.7. The first-order valence-corrected chi connectivity index (χ1v) is 4.73. The summed E-state index contributed by atoms with van der Waals surface area (Å²) in [6.45, 7) is 0.783. The van der Waals surface area contributed by atoms with Crippen molar-refractivity contribution in [3.05, 3.63) is 47.5 Å². The maximum absolute atomic E-state index is 9.10. The van der Waals surface area contributed by atoms with E-state index in [-0.39, 0.29) is 18.2 Å². The van der Waals surface area contributed by atoms with E-state index in [1.54, 1.807) is 18.3 Å². The smallest absolute Gasteiger partial charge is 0.227 e. The molecule has 1 aliphatic heterocycles. The van der Waals surface area contributed by atoms with Crippen LogP contribution in [0.5, 0.6) is 5.75 Å². The number of hydrogen-bond acceptors (Lipinski definition) is 3. The summed E-state index contributed by atoms with van der Waals surface area (Å²) in [7, 11) is 0. The summed E-state index contributed by atoms with van der Waals surface area (Å²) < 4.78 is 0. The van der Waals surface area contributed by atoms with Crippen LogP contribution in [0, 0.1) is 0 Å². The van der Waals surface area contributed by atoms with E-state index >= 15 is 0 Å². The Labute approximate surface area is 99.8 Å². The van der Waals surface area contributed by atoms with E-state index in [4.69, 9.17) is 15.7 Å². The Morgan fingerprint density at radius 1 is 1.31 bits per heavy atom. The van der Waals surface area contributed by atoms with Crippen LogP contribution in [-0.4, -0.2) is 11.7 Å². The van der Waals surface area contributed by atoms with Gasteiger partial charge in [0.15, 0.2) is 0 Å². The molecule has 0 fully saturated rings. The SMILES string of the molecule is Cl.NC1=C[NH+](CCc2ccc(O)cc2)[N-]O1. The third kappa shape index (κ3) is 3.30. The molecule has 1 unspecified atom stereocenters. The minimum absolute atomic E-state index is 0. The molecule has 1 aliphatic rings. The van der Waals surface area contributed by atoms with Gasteiger partial charge in [-0.05, 0) is 17.7 Å². The van der Waals surface area contributed by atoms with Gasteiger partial charge in [-0.15, -0.1) is 12.4 Å². The van der Waals surface area contributed by atoms with Crippen LogP contribution < -0.4 is 10.7 Å². The number of nitrogens with two attached hydrogens (primary N) is 1. The van der Waals surface area contributed by atoms with Crippen molar-refractivity contribution in [1.82, 2.24) is 0 Å². The number of quaternary nitrogens is 1. The number of halogens is 1. The van der Waals surface area contributed by atoms with Gasteiger partial charge in [-0.2, -0.15) is 0 Å². The van der Waals surface area contributed by atoms with Gasteiger partial charge >= 0.3 is 0 Å². The molecule has 0 saturated heterocycles. The summed E-state index contributed by atoms with van der Waals surface area (Å²) >= 11 is 0. The normalized spacial score (nSPS) is 18.5. The van der Waals surface area contributed by atoms with Crippen LogP contribution in [0.1, 0.15) is 5.56 Å². The second kappa shape index (κ2) is 5.60. The van der Waals surface area contributed by atoms with Gasteiger partial charge in [-0.25, -0.2) is 0 Å². The molecule has 4 N–H and O–H groups in total. The first-order valence-electron chi connectivity index (χ1n) is 4.73. The van der Waals surface area contributed by atoms with E-state index in [0.29, 0.717) is 5.88 Å². The lowest BCUT2D eigenvalue weighted by Crippen LogP contribution is -3.02. The molecule has 1 aromatic carbocycles. The molecule has 0 radical (unpaired) electrons. The van der Waals surface area contributed by atoms with Gasteiger partial charge in [0.1, 0.15) is 11.9 Å². The molecule has 16 heavy (non-hydrogen) atoms. The average Bonchev–Trinajstić information content (AvgIpc) is 2.64. The summed E-state index contributed by atoms with van der Waals surface area (Å²) in [4.78, 5) is 4.76. The maximum atomic E-state index is 9.10. The largest absolute Gasteiger partial charge is 0.523 e. The van der Waals surface area contributed by atoms with Crippen molar-refractivity contribution < 1.29 is 15.0 Å². The number of aromatic hydroxyl groups is 1. The van der Waals surface area contributed by atoms with Crippen molar-refractivity contribution >= 4 is 12.4 Å². The minimum Gasteiger partial charge on any atom is -0.523 e. The number of phenols is 1. The van der Waals surface area contributed by atoms with Crippen LogP contribution in [0.15, 0.2) is 36.3 Å². The maximum Gasteiger partial charge on any atom is 0.227 e. The number of nitrogens with one attached hydrogen (secondary N) is 1. The fourth-order valence-electron chi connectivity index (χ4n) is 1.38. The fourth-order valence-corrected chi connectivity index (χ4v) is 1.38. The van der Waals surface area contributed by atoms with E-state index in [1.165, 1.54) is 0 Å². The van der Waals surface area contributed by atoms with Crippen molar-refractivity contribution in [3.63, 3.8) is 0 Å². The molecular weight excluding hydrogens is 230 g/mol. The predicted octanol–water partition coefficient (Wildman–Crippen LogP) is 0.233. The van der Waals surface area contributed by atoms with Gasteiger partial charge in [0.25, 0.3) is 0 Å². The standard InChI is InChI=1S/C10H13N3O2.ClH/c11-10-7-13(12-15-10)6-5-8-1-3-9(14)4-2-8;/h1-4,7,13-14H,5-6,11H2;1H. The number of benzene rings is 1. The molecule has 0 bridgehead atoms. The molecule has 0 amide bonds. The predicted molar refractivity (Wildman–Crippen MR) is 61.6 cm³/mol. The van der Waals surface area contributed by atoms with Crippen molar-refractivity contribution in [2.24, 2.45) is 5.73 Å². The molecule has 1 heterocycles. The first-order chi connectivity index (χ1) is 7.24. The lowest BCUT2D eigenvalue weighted by molar-refractivity contribution is -0.814. The molecule has 0 saturated carbocycles. The highest BCUT2D eigenvalue weighted by Crippen LogP contribution is 2.09. The highest BCUT2D eigenvalue weighted by molar-refractivity contribution is 5.85. The van der Waals surface area contributed by atoms with E-state index in [2.05, 4.69) is 5.59 Å². The lowest BCUT2D eigenvalue weighted by atomic mass is 10.1. The number of nitrogens with zero attached hydrogens (tertiary/aromatic N) is 1. The quantitative estimate of drug-likeness (QED) is 0.712. The van der Waals surface area contributed by atoms with Crippen molar-refractivity contribution in [1.29, 1.82) is 0 Å². The van der Waals surface area contributed by atoms with Gasteiger partial charge in [-0.3, -0.25) is 5.59 Å². The molecule has 0 aromatic heterocycles. The zero-order valence-electron chi connectivity index (χ0n) is 8.59. The second-order valence-corrected chi connectivity index (χ2v) is 3.39. The van der Waals surface area contributed by atoms with Crippen molar-refractivity contribution in [2.45, 2.75) is 6.42 Å². The van der Waals surface area contributed by atoms with Crippen LogP contribution in [0.25, 0.3) is 5.59 Å². The van der Waals surface area contributed by atoms with Crippen molar-refractivity contribution in [3.8, 4) is 5.75 Å². The molecule has 5 nitrogen and oxygen atoms in total. The Bertz CT molecular complexity index is 367. The zero-order valence-corrected chi connectivity index (χ0v) is 9.41. The Hall–Kier alpha value is -1.43. The van der Waals surface area contributed by atoms with Crippen LogP contribution in [-0.2, 0) is 11.3 Å². The topological polar surface area (TPSA) is 74.0 Å². The Kier molecular flexibility index (Phi) is 4.42. The molecule has 2 rings (SSSR count). The summed E-state index contributed by atoms with van der Waals surface area (Å²) in [5, 5.41) is 9.95. The first kappa shape index (κ1) is 12.6. The number of rotatable bonds is 3. The highest BCUT2D eigenvalue weighted by Gasteiger charge is 2.06. The van der Waals surface area contributed by atoms with E-state index in [0.717, 1.165) is 23.5 Å². The third-order valence-electron chi connectivity index (χ3n) is 2.18. The third-order valence-corrected chi connectivity index (χ3v) is 2.18. The van der Waals surface area contributed by atoms with E-state index in [1.807, 2.05) is 12.1 Å². The highest BCUT2D eigenvalue weighted by atomic mass is 35.5. The van der Waals surface area contributed by atoms with E-state index in [9.17, 15) is 0 Å². The van der Waals surface area contributed by atoms with Crippen LogP contribution >= 0.6 is 12.4 Å². The molecule has 1 atom stereocenters. The van der Waals surface area contributed by atoms with Crippen molar-refractivity contribution in [2.75, 3.05) is 6.54 Å². The molecular formula is C10H14ClN3O2. The van der Waals surface area contributed by atoms with Crippen LogP contribution in [0.4, 0.5) is 0 Å².